The summed E-state index contributed by atoms with van der Waals surface area (Å²) in [5.41, 5.74) is 0.151. The van der Waals surface area contributed by atoms with E-state index in [0.29, 0.717) is 5.95 Å². The SMILES string of the molecule is COc1nc(N(C)C)ncc1B(O)O. The molecule has 0 radical (unpaired) electrons. The molecule has 0 saturated heterocycles. The van der Waals surface area contributed by atoms with Crippen LogP contribution in [0.4, 0.5) is 5.95 Å². The maximum atomic E-state index is 8.95. The second-order valence-electron chi connectivity index (χ2n) is 2.90. The molecule has 0 aliphatic heterocycles. The van der Waals surface area contributed by atoms with Gasteiger partial charge >= 0.3 is 7.12 Å². The Morgan fingerprint density at radius 2 is 2.07 bits per heavy atom. The predicted octanol–water partition coefficient (Wildman–Crippen LogP) is -1.77. The average Bonchev–Trinajstić information content (AvgIpc) is 2.16. The van der Waals surface area contributed by atoms with Gasteiger partial charge in [0, 0.05) is 20.3 Å². The molecule has 0 atom stereocenters. The van der Waals surface area contributed by atoms with Gasteiger partial charge in [-0.1, -0.05) is 0 Å². The van der Waals surface area contributed by atoms with Crippen molar-refractivity contribution in [1.29, 1.82) is 0 Å². The fourth-order valence-corrected chi connectivity index (χ4v) is 0.923. The number of aromatic nitrogens is 2. The third kappa shape index (κ3) is 2.12. The van der Waals surface area contributed by atoms with Gasteiger partial charge in [0.25, 0.3) is 0 Å². The van der Waals surface area contributed by atoms with Gasteiger partial charge in [-0.25, -0.2) is 4.98 Å². The zero-order valence-electron chi connectivity index (χ0n) is 8.30. The summed E-state index contributed by atoms with van der Waals surface area (Å²) in [6, 6.07) is 0. The van der Waals surface area contributed by atoms with Crippen molar-refractivity contribution in [2.75, 3.05) is 26.1 Å². The van der Waals surface area contributed by atoms with Gasteiger partial charge in [0.05, 0.1) is 12.6 Å². The molecule has 2 N–H and O–H groups in total. The van der Waals surface area contributed by atoms with Crippen molar-refractivity contribution in [1.82, 2.24) is 9.97 Å². The van der Waals surface area contributed by atoms with E-state index in [9.17, 15) is 0 Å². The summed E-state index contributed by atoms with van der Waals surface area (Å²) in [7, 11) is 3.35. The topological polar surface area (TPSA) is 78.7 Å². The number of hydrogen-bond acceptors (Lipinski definition) is 6. The predicted molar refractivity (Wildman–Crippen MR) is 52.7 cm³/mol. The maximum absolute atomic E-state index is 8.95. The van der Waals surface area contributed by atoms with E-state index >= 15 is 0 Å². The van der Waals surface area contributed by atoms with Gasteiger partial charge in [0.2, 0.25) is 11.8 Å². The molecular formula is C7H12BN3O3. The Morgan fingerprint density at radius 3 is 2.50 bits per heavy atom. The first kappa shape index (κ1) is 10.7. The van der Waals surface area contributed by atoms with Crippen molar-refractivity contribution in [3.05, 3.63) is 6.20 Å². The summed E-state index contributed by atoms with van der Waals surface area (Å²) < 4.78 is 4.90. The fourth-order valence-electron chi connectivity index (χ4n) is 0.923. The van der Waals surface area contributed by atoms with Crippen LogP contribution in [0, 0.1) is 0 Å². The Balaban J connectivity index is 3.11. The highest BCUT2D eigenvalue weighted by atomic mass is 16.5. The number of rotatable bonds is 3. The molecule has 76 valence electrons. The molecule has 1 rings (SSSR count). The summed E-state index contributed by atoms with van der Waals surface area (Å²) in [6.07, 6.45) is 1.33. The lowest BCUT2D eigenvalue weighted by molar-refractivity contribution is 0.390. The molecule has 1 aromatic heterocycles. The van der Waals surface area contributed by atoms with Gasteiger partial charge in [0.1, 0.15) is 0 Å². The van der Waals surface area contributed by atoms with Crippen LogP contribution in [0.1, 0.15) is 0 Å². The molecule has 1 aromatic rings. The highest BCUT2D eigenvalue weighted by Gasteiger charge is 2.19. The fraction of sp³-hybridized carbons (Fsp3) is 0.429. The first-order chi connectivity index (χ1) is 6.56. The third-order valence-corrected chi connectivity index (χ3v) is 1.64. The summed E-state index contributed by atoms with van der Waals surface area (Å²) in [5, 5.41) is 17.9. The van der Waals surface area contributed by atoms with E-state index in [4.69, 9.17) is 14.8 Å². The Bertz CT molecular complexity index is 319. The van der Waals surface area contributed by atoms with Crippen LogP contribution in [-0.4, -0.2) is 48.3 Å². The van der Waals surface area contributed by atoms with Crippen LogP contribution < -0.4 is 15.1 Å². The standard InChI is InChI=1S/C7H12BN3O3/c1-11(2)7-9-4-5(8(12)13)6(10-7)14-3/h4,12-13H,1-3H3. The second kappa shape index (κ2) is 4.25. The third-order valence-electron chi connectivity index (χ3n) is 1.64. The van der Waals surface area contributed by atoms with Crippen molar-refractivity contribution < 1.29 is 14.8 Å². The number of methoxy groups -OCH3 is 1. The zero-order valence-corrected chi connectivity index (χ0v) is 8.30. The minimum atomic E-state index is -1.62. The molecular weight excluding hydrogens is 185 g/mol. The van der Waals surface area contributed by atoms with Gasteiger partial charge in [-0.2, -0.15) is 4.98 Å². The number of anilines is 1. The molecule has 0 fully saturated rings. The van der Waals surface area contributed by atoms with Crippen molar-refractivity contribution in [3.63, 3.8) is 0 Å². The smallest absolute Gasteiger partial charge is 0.481 e. The van der Waals surface area contributed by atoms with Gasteiger partial charge in [-0.3, -0.25) is 0 Å². The van der Waals surface area contributed by atoms with Crippen LogP contribution >= 0.6 is 0 Å². The molecule has 14 heavy (non-hydrogen) atoms. The largest absolute Gasteiger partial charge is 0.495 e. The molecule has 6 nitrogen and oxygen atoms in total. The second-order valence-corrected chi connectivity index (χ2v) is 2.90. The van der Waals surface area contributed by atoms with Crippen LogP contribution in [-0.2, 0) is 0 Å². The minimum Gasteiger partial charge on any atom is -0.481 e. The molecule has 0 saturated carbocycles. The molecule has 0 aliphatic carbocycles. The molecule has 7 heteroatoms. The monoisotopic (exact) mass is 197 g/mol. The molecule has 0 aliphatic rings. The first-order valence-electron chi connectivity index (χ1n) is 4.00. The van der Waals surface area contributed by atoms with Gasteiger partial charge < -0.3 is 19.7 Å². The summed E-state index contributed by atoms with van der Waals surface area (Å²) in [6.45, 7) is 0. The summed E-state index contributed by atoms with van der Waals surface area (Å²) in [4.78, 5) is 9.60. The van der Waals surface area contributed by atoms with Gasteiger partial charge in [0.15, 0.2) is 0 Å². The molecule has 1 heterocycles. The van der Waals surface area contributed by atoms with Crippen LogP contribution in [0.2, 0.25) is 0 Å². The number of nitrogens with zero attached hydrogens (tertiary/aromatic N) is 3. The number of ether oxygens (including phenoxy) is 1. The van der Waals surface area contributed by atoms with E-state index in [1.54, 1.807) is 19.0 Å². The molecule has 0 aromatic carbocycles. The summed E-state index contributed by atoms with van der Waals surface area (Å²) >= 11 is 0. The molecule has 0 spiro atoms. The van der Waals surface area contributed by atoms with Crippen molar-refractivity contribution in [2.45, 2.75) is 0 Å². The van der Waals surface area contributed by atoms with Crippen LogP contribution in [0.5, 0.6) is 5.88 Å². The highest BCUT2D eigenvalue weighted by Crippen LogP contribution is 2.07. The van der Waals surface area contributed by atoms with E-state index in [1.807, 2.05) is 0 Å². The van der Waals surface area contributed by atoms with E-state index in [1.165, 1.54) is 13.3 Å². The van der Waals surface area contributed by atoms with Crippen LogP contribution in [0.25, 0.3) is 0 Å². The quantitative estimate of drug-likeness (QED) is 0.558. The molecule has 0 amide bonds. The Morgan fingerprint density at radius 1 is 1.43 bits per heavy atom. The normalized spacial score (nSPS) is 9.79. The van der Waals surface area contributed by atoms with Crippen LogP contribution in [0.3, 0.4) is 0 Å². The van der Waals surface area contributed by atoms with Gasteiger partial charge in [-0.15, -0.1) is 0 Å². The molecule has 0 unspecified atom stereocenters. The van der Waals surface area contributed by atoms with E-state index in [2.05, 4.69) is 9.97 Å². The summed E-state index contributed by atoms with van der Waals surface area (Å²) in [5.74, 6) is 0.616. The van der Waals surface area contributed by atoms with Gasteiger partial charge in [-0.05, 0) is 0 Å². The lowest BCUT2D eigenvalue weighted by atomic mass is 9.82. The first-order valence-corrected chi connectivity index (χ1v) is 4.00. The Labute approximate surface area is 82.3 Å². The lowest BCUT2D eigenvalue weighted by Gasteiger charge is -2.12. The number of hydrogen-bond donors (Lipinski definition) is 2. The van der Waals surface area contributed by atoms with E-state index in [-0.39, 0.29) is 11.3 Å². The Kier molecular flexibility index (Phi) is 3.26. The highest BCUT2D eigenvalue weighted by molar-refractivity contribution is 6.59. The lowest BCUT2D eigenvalue weighted by Crippen LogP contribution is -2.33. The minimum absolute atomic E-state index is 0.151. The van der Waals surface area contributed by atoms with Crippen molar-refractivity contribution in [3.8, 4) is 5.88 Å². The zero-order chi connectivity index (χ0) is 10.7. The van der Waals surface area contributed by atoms with Crippen molar-refractivity contribution >= 4 is 18.5 Å². The van der Waals surface area contributed by atoms with Crippen LogP contribution in [0.15, 0.2) is 6.20 Å². The van der Waals surface area contributed by atoms with E-state index < -0.39 is 7.12 Å². The Hall–Kier alpha value is -1.34. The molecule has 0 bridgehead atoms. The average molecular weight is 197 g/mol. The van der Waals surface area contributed by atoms with Crippen molar-refractivity contribution in [2.24, 2.45) is 0 Å². The van der Waals surface area contributed by atoms with E-state index in [0.717, 1.165) is 0 Å². The maximum Gasteiger partial charge on any atom is 0.495 e.